The normalized spacial score (nSPS) is 17.8. The SMILES string of the molecule is CC(=O)Nc1ccc2c(c1)OC(C=O)C2. The monoisotopic (exact) mass is 205 g/mol. The van der Waals surface area contributed by atoms with Crippen LogP contribution in [0.4, 0.5) is 5.69 Å². The van der Waals surface area contributed by atoms with Crippen LogP contribution in [0.1, 0.15) is 12.5 Å². The van der Waals surface area contributed by atoms with Gasteiger partial charge in [-0.15, -0.1) is 0 Å². The number of anilines is 1. The first-order valence-electron chi connectivity index (χ1n) is 4.71. The quantitative estimate of drug-likeness (QED) is 0.737. The highest BCUT2D eigenvalue weighted by molar-refractivity contribution is 5.89. The van der Waals surface area contributed by atoms with Gasteiger partial charge in [-0.25, -0.2) is 0 Å². The van der Waals surface area contributed by atoms with E-state index in [1.165, 1.54) is 6.92 Å². The number of fused-ring (bicyclic) bond motifs is 1. The number of hydrogen-bond donors (Lipinski definition) is 1. The van der Waals surface area contributed by atoms with E-state index in [0.717, 1.165) is 11.8 Å². The van der Waals surface area contributed by atoms with E-state index >= 15 is 0 Å². The van der Waals surface area contributed by atoms with Crippen LogP contribution in [-0.4, -0.2) is 18.3 Å². The van der Waals surface area contributed by atoms with E-state index in [1.54, 1.807) is 12.1 Å². The molecule has 0 aliphatic carbocycles. The zero-order chi connectivity index (χ0) is 10.8. The van der Waals surface area contributed by atoms with Crippen LogP contribution in [0, 0.1) is 0 Å². The standard InChI is InChI=1S/C11H11NO3/c1-7(14)12-9-3-2-8-4-10(6-13)15-11(8)5-9/h2-3,5-6,10H,4H2,1H3,(H,12,14). The fourth-order valence-electron chi connectivity index (χ4n) is 1.61. The van der Waals surface area contributed by atoms with Gasteiger partial charge in [-0.05, 0) is 11.6 Å². The number of benzene rings is 1. The summed E-state index contributed by atoms with van der Waals surface area (Å²) in [4.78, 5) is 21.4. The smallest absolute Gasteiger partial charge is 0.221 e. The van der Waals surface area contributed by atoms with Gasteiger partial charge in [0.1, 0.15) is 5.75 Å². The molecule has 1 unspecified atom stereocenters. The predicted octanol–water partition coefficient (Wildman–Crippen LogP) is 1.15. The molecule has 0 bridgehead atoms. The fourth-order valence-corrected chi connectivity index (χ4v) is 1.61. The molecule has 4 heteroatoms. The van der Waals surface area contributed by atoms with Gasteiger partial charge >= 0.3 is 0 Å². The maximum atomic E-state index is 10.8. The number of aldehydes is 1. The molecule has 1 atom stereocenters. The van der Waals surface area contributed by atoms with Crippen LogP contribution in [0.25, 0.3) is 0 Å². The van der Waals surface area contributed by atoms with Crippen LogP contribution >= 0.6 is 0 Å². The van der Waals surface area contributed by atoms with Gasteiger partial charge in [0.2, 0.25) is 5.91 Å². The molecule has 1 aliphatic heterocycles. The minimum atomic E-state index is -0.382. The zero-order valence-corrected chi connectivity index (χ0v) is 8.32. The molecule has 15 heavy (non-hydrogen) atoms. The van der Waals surface area contributed by atoms with E-state index in [0.29, 0.717) is 17.9 Å². The number of carbonyl (C=O) groups excluding carboxylic acids is 2. The van der Waals surface area contributed by atoms with Gasteiger partial charge in [0.15, 0.2) is 12.4 Å². The molecular formula is C11H11NO3. The minimum absolute atomic E-state index is 0.125. The van der Waals surface area contributed by atoms with Gasteiger partial charge in [0, 0.05) is 25.1 Å². The molecule has 1 aromatic carbocycles. The third-order valence-electron chi connectivity index (χ3n) is 2.24. The summed E-state index contributed by atoms with van der Waals surface area (Å²) in [6, 6.07) is 5.40. The Hall–Kier alpha value is -1.84. The molecule has 1 heterocycles. The minimum Gasteiger partial charge on any atom is -0.482 e. The molecule has 0 fully saturated rings. The first-order valence-corrected chi connectivity index (χ1v) is 4.71. The van der Waals surface area contributed by atoms with Gasteiger partial charge in [-0.3, -0.25) is 9.59 Å². The number of hydrogen-bond acceptors (Lipinski definition) is 3. The van der Waals surface area contributed by atoms with Crippen molar-refractivity contribution in [3.8, 4) is 5.75 Å². The van der Waals surface area contributed by atoms with Crippen molar-refractivity contribution in [3.05, 3.63) is 23.8 Å². The van der Waals surface area contributed by atoms with E-state index < -0.39 is 0 Å². The summed E-state index contributed by atoms with van der Waals surface area (Å²) in [5, 5.41) is 2.66. The summed E-state index contributed by atoms with van der Waals surface area (Å²) in [6.45, 7) is 1.45. The Morgan fingerprint density at radius 2 is 2.40 bits per heavy atom. The van der Waals surface area contributed by atoms with E-state index in [4.69, 9.17) is 4.74 Å². The van der Waals surface area contributed by atoms with Crippen molar-refractivity contribution >= 4 is 17.9 Å². The van der Waals surface area contributed by atoms with Crippen molar-refractivity contribution < 1.29 is 14.3 Å². The third-order valence-corrected chi connectivity index (χ3v) is 2.24. The van der Waals surface area contributed by atoms with Gasteiger partial charge in [0.25, 0.3) is 0 Å². The van der Waals surface area contributed by atoms with Crippen molar-refractivity contribution in [1.82, 2.24) is 0 Å². The van der Waals surface area contributed by atoms with Gasteiger partial charge in [0.05, 0.1) is 0 Å². The second-order valence-corrected chi connectivity index (χ2v) is 3.50. The highest BCUT2D eigenvalue weighted by atomic mass is 16.5. The molecule has 0 radical (unpaired) electrons. The molecule has 0 aromatic heterocycles. The highest BCUT2D eigenvalue weighted by Gasteiger charge is 2.22. The Kier molecular flexibility index (Phi) is 2.41. The molecule has 0 spiro atoms. The van der Waals surface area contributed by atoms with Gasteiger partial charge < -0.3 is 10.1 Å². The largest absolute Gasteiger partial charge is 0.482 e. The van der Waals surface area contributed by atoms with Crippen LogP contribution in [0.3, 0.4) is 0 Å². The van der Waals surface area contributed by atoms with Gasteiger partial charge in [-0.1, -0.05) is 6.07 Å². The second kappa shape index (κ2) is 3.73. The molecule has 0 saturated heterocycles. The van der Waals surface area contributed by atoms with Crippen LogP contribution in [0.5, 0.6) is 5.75 Å². The average molecular weight is 205 g/mol. The maximum absolute atomic E-state index is 10.8. The predicted molar refractivity (Wildman–Crippen MR) is 54.9 cm³/mol. The van der Waals surface area contributed by atoms with E-state index in [2.05, 4.69) is 5.32 Å². The van der Waals surface area contributed by atoms with Crippen LogP contribution < -0.4 is 10.1 Å². The Balaban J connectivity index is 2.22. The fraction of sp³-hybridized carbons (Fsp3) is 0.273. The summed E-state index contributed by atoms with van der Waals surface area (Å²) in [7, 11) is 0. The van der Waals surface area contributed by atoms with E-state index in [9.17, 15) is 9.59 Å². The number of carbonyl (C=O) groups is 2. The molecule has 78 valence electrons. The highest BCUT2D eigenvalue weighted by Crippen LogP contribution is 2.30. The molecule has 1 aliphatic rings. The van der Waals surface area contributed by atoms with Crippen LogP contribution in [0.15, 0.2) is 18.2 Å². The molecule has 1 N–H and O–H groups in total. The number of rotatable bonds is 2. The third kappa shape index (κ3) is 1.98. The Bertz CT molecular complexity index is 414. The average Bonchev–Trinajstić information content (AvgIpc) is 2.58. The maximum Gasteiger partial charge on any atom is 0.221 e. The first-order chi connectivity index (χ1) is 7.19. The Labute approximate surface area is 87.2 Å². The van der Waals surface area contributed by atoms with Crippen molar-refractivity contribution in [2.45, 2.75) is 19.4 Å². The lowest BCUT2D eigenvalue weighted by Crippen LogP contribution is -2.13. The summed E-state index contributed by atoms with van der Waals surface area (Å²) in [6.07, 6.45) is 1.02. The topological polar surface area (TPSA) is 55.4 Å². The lowest BCUT2D eigenvalue weighted by Gasteiger charge is -2.05. The summed E-state index contributed by atoms with van der Waals surface area (Å²) >= 11 is 0. The summed E-state index contributed by atoms with van der Waals surface area (Å²) in [5.41, 5.74) is 1.69. The second-order valence-electron chi connectivity index (χ2n) is 3.50. The van der Waals surface area contributed by atoms with Crippen LogP contribution in [0.2, 0.25) is 0 Å². The van der Waals surface area contributed by atoms with E-state index in [-0.39, 0.29) is 12.0 Å². The zero-order valence-electron chi connectivity index (χ0n) is 8.32. The molecular weight excluding hydrogens is 194 g/mol. The number of nitrogens with one attached hydrogen (secondary N) is 1. The first kappa shape index (κ1) is 9.71. The van der Waals surface area contributed by atoms with Crippen molar-refractivity contribution in [1.29, 1.82) is 0 Å². The number of ether oxygens (including phenoxy) is 1. The molecule has 1 aromatic rings. The lowest BCUT2D eigenvalue weighted by atomic mass is 10.1. The summed E-state index contributed by atoms with van der Waals surface area (Å²) < 4.78 is 5.36. The lowest BCUT2D eigenvalue weighted by molar-refractivity contribution is -0.114. The molecule has 4 nitrogen and oxygen atoms in total. The van der Waals surface area contributed by atoms with Crippen molar-refractivity contribution in [3.63, 3.8) is 0 Å². The Morgan fingerprint density at radius 3 is 3.07 bits per heavy atom. The summed E-state index contributed by atoms with van der Waals surface area (Å²) in [5.74, 6) is 0.554. The van der Waals surface area contributed by atoms with Crippen LogP contribution in [-0.2, 0) is 16.0 Å². The Morgan fingerprint density at radius 1 is 1.60 bits per heavy atom. The molecule has 2 rings (SSSR count). The number of amides is 1. The van der Waals surface area contributed by atoms with Crippen molar-refractivity contribution in [2.75, 3.05) is 5.32 Å². The van der Waals surface area contributed by atoms with E-state index in [1.807, 2.05) is 6.07 Å². The molecule has 0 saturated carbocycles. The van der Waals surface area contributed by atoms with Gasteiger partial charge in [-0.2, -0.15) is 0 Å². The van der Waals surface area contributed by atoms with Crippen molar-refractivity contribution in [2.24, 2.45) is 0 Å². The molecule has 1 amide bonds.